The Labute approximate surface area is 381 Å². The van der Waals surface area contributed by atoms with E-state index in [9.17, 15) is 37.2 Å². The van der Waals surface area contributed by atoms with Gasteiger partial charge in [0.25, 0.3) is 17.7 Å². The minimum atomic E-state index is -3.60. The van der Waals surface area contributed by atoms with E-state index in [2.05, 4.69) is 31.2 Å². The first kappa shape index (κ1) is 47.9. The molecule has 6 rings (SSSR count). The number of imide groups is 2. The van der Waals surface area contributed by atoms with Crippen molar-refractivity contribution in [2.75, 3.05) is 44.5 Å². The number of hydrogen-bond acceptors (Lipinski definition) is 14. The van der Waals surface area contributed by atoms with Gasteiger partial charge < -0.3 is 30.3 Å². The molecule has 3 aromatic carbocycles. The molecule has 2 aliphatic heterocycles. The number of amides is 6. The Bertz CT molecular complexity index is 2620. The summed E-state index contributed by atoms with van der Waals surface area (Å²) in [5.41, 5.74) is 2.85. The van der Waals surface area contributed by atoms with Gasteiger partial charge in [-0.05, 0) is 94.0 Å². The number of methoxy groups -OCH3 is 1. The zero-order valence-corrected chi connectivity index (χ0v) is 38.2. The van der Waals surface area contributed by atoms with Gasteiger partial charge in [-0.3, -0.25) is 39.0 Å². The van der Waals surface area contributed by atoms with Gasteiger partial charge >= 0.3 is 0 Å². The van der Waals surface area contributed by atoms with Gasteiger partial charge in [-0.2, -0.15) is 4.98 Å². The van der Waals surface area contributed by atoms with E-state index in [1.54, 1.807) is 51.1 Å². The lowest BCUT2D eigenvalue weighted by molar-refractivity contribution is -0.136. The third-order valence-corrected chi connectivity index (χ3v) is 13.5. The topological polar surface area (TPSA) is 235 Å². The molecule has 6 amide bonds. The molecule has 4 aromatic rings. The number of para-hydroxylation sites is 1. The highest BCUT2D eigenvalue weighted by molar-refractivity contribution is 7.92. The van der Waals surface area contributed by atoms with Crippen LogP contribution in [0.5, 0.6) is 11.5 Å². The van der Waals surface area contributed by atoms with Gasteiger partial charge in [0, 0.05) is 33.0 Å². The lowest BCUT2D eigenvalue weighted by Gasteiger charge is -2.27. The van der Waals surface area contributed by atoms with Crippen molar-refractivity contribution < 1.29 is 46.7 Å². The molecule has 1 aromatic heterocycles. The average Bonchev–Trinajstić information content (AvgIpc) is 3.53. The Morgan fingerprint density at radius 2 is 1.75 bits per heavy atom. The number of nitrogens with one attached hydrogen (secondary N) is 4. The van der Waals surface area contributed by atoms with E-state index in [1.165, 1.54) is 30.5 Å². The van der Waals surface area contributed by atoms with E-state index in [1.807, 2.05) is 19.1 Å². The van der Waals surface area contributed by atoms with Crippen LogP contribution in [0, 0.1) is 6.92 Å². The molecule has 2 aliphatic rings. The molecule has 4 N–H and O–H groups in total. The first-order valence-corrected chi connectivity index (χ1v) is 23.0. The predicted molar refractivity (Wildman–Crippen MR) is 242 cm³/mol. The molecule has 0 saturated carbocycles. The van der Waals surface area contributed by atoms with Gasteiger partial charge in [0.2, 0.25) is 23.7 Å². The Morgan fingerprint density at radius 3 is 2.49 bits per heavy atom. The van der Waals surface area contributed by atoms with Gasteiger partial charge in [0.15, 0.2) is 22.3 Å². The van der Waals surface area contributed by atoms with Crippen LogP contribution in [0.2, 0.25) is 5.02 Å². The Balaban J connectivity index is 0.927. The lowest BCUT2D eigenvalue weighted by Crippen LogP contribution is -2.54. The number of halogens is 1. The highest BCUT2D eigenvalue weighted by Gasteiger charge is 2.46. The number of nitrogens with zero attached hydrogens (tertiary/aromatic N) is 4. The average molecular weight is 931 g/mol. The predicted octanol–water partition coefficient (Wildman–Crippen LogP) is 5.27. The molecule has 1 atom stereocenters. The fraction of sp³-hybridized carbons (Fsp3) is 0.378. The second kappa shape index (κ2) is 20.9. The number of hydrogen-bond donors (Lipinski definition) is 4. The van der Waals surface area contributed by atoms with Gasteiger partial charge in [-0.25, -0.2) is 13.4 Å². The normalized spacial score (nSPS) is 14.8. The maximum absolute atomic E-state index is 13.3. The maximum Gasteiger partial charge on any atom is 0.266 e. The van der Waals surface area contributed by atoms with Crippen LogP contribution in [0.15, 0.2) is 65.7 Å². The number of likely N-dealkylation sites (N-methyl/N-ethyl adjacent to an activating group) is 1. The molecule has 1 saturated heterocycles. The number of fused-ring (bicyclic) bond motifs is 1. The lowest BCUT2D eigenvalue weighted by atomic mass is 10.0. The molecule has 1 fully saturated rings. The molecule has 65 heavy (non-hydrogen) atoms. The number of carbonyl (C=O) groups excluding carboxylic acids is 6. The SMILES string of the molecule is COc1cc(CCN(C)C(=O)CCCCCNC(=O)COc2cccc3c2C(=O)N(C2CCC(=O)NC2=O)C3=O)c(C)cc1Nc1ncc(Cl)c(Nc2ccccc2S(=O)(=O)C(C)C)n1. The molecule has 18 nitrogen and oxygen atoms in total. The number of benzene rings is 3. The second-order valence-electron chi connectivity index (χ2n) is 15.8. The molecular formula is C45H51ClN8O10S. The van der Waals surface area contributed by atoms with Crippen LogP contribution in [0.25, 0.3) is 0 Å². The molecule has 0 radical (unpaired) electrons. The van der Waals surface area contributed by atoms with Gasteiger partial charge in [-0.1, -0.05) is 36.2 Å². The number of anilines is 4. The summed E-state index contributed by atoms with van der Waals surface area (Å²) < 4.78 is 37.3. The number of carbonyl (C=O) groups is 6. The van der Waals surface area contributed by atoms with Gasteiger partial charge in [0.05, 0.1) is 46.0 Å². The van der Waals surface area contributed by atoms with Crippen molar-refractivity contribution in [3.05, 3.63) is 88.1 Å². The molecule has 0 spiro atoms. The van der Waals surface area contributed by atoms with E-state index >= 15 is 0 Å². The van der Waals surface area contributed by atoms with E-state index in [-0.39, 0.29) is 57.3 Å². The molecule has 1 unspecified atom stereocenters. The smallest absolute Gasteiger partial charge is 0.266 e. The minimum absolute atomic E-state index is 0.00371. The van der Waals surface area contributed by atoms with Crippen LogP contribution >= 0.6 is 11.6 Å². The summed E-state index contributed by atoms with van der Waals surface area (Å²) in [6.07, 6.45) is 4.25. The maximum atomic E-state index is 13.3. The summed E-state index contributed by atoms with van der Waals surface area (Å²) >= 11 is 6.43. The summed E-state index contributed by atoms with van der Waals surface area (Å²) in [7, 11) is -0.305. The fourth-order valence-corrected chi connectivity index (χ4v) is 8.65. The quantitative estimate of drug-likeness (QED) is 0.0653. The second-order valence-corrected chi connectivity index (χ2v) is 18.7. The summed E-state index contributed by atoms with van der Waals surface area (Å²) in [5, 5.41) is 10.7. The van der Waals surface area contributed by atoms with Gasteiger partial charge in [-0.15, -0.1) is 0 Å². The van der Waals surface area contributed by atoms with Crippen LogP contribution in [0.3, 0.4) is 0 Å². The molecule has 3 heterocycles. The van der Waals surface area contributed by atoms with Crippen LogP contribution in [-0.4, -0.2) is 109 Å². The molecular weight excluding hydrogens is 880 g/mol. The summed E-state index contributed by atoms with van der Waals surface area (Å²) in [6.45, 7) is 5.57. The number of aromatic nitrogens is 2. The van der Waals surface area contributed by atoms with Crippen molar-refractivity contribution >= 4 is 80.0 Å². The number of unbranched alkanes of at least 4 members (excludes halogenated alkanes) is 2. The summed E-state index contributed by atoms with van der Waals surface area (Å²) in [5.74, 6) is -2.08. The zero-order valence-electron chi connectivity index (χ0n) is 36.7. The van der Waals surface area contributed by atoms with Gasteiger partial charge in [0.1, 0.15) is 22.6 Å². The van der Waals surface area contributed by atoms with Crippen molar-refractivity contribution in [2.45, 2.75) is 81.9 Å². The van der Waals surface area contributed by atoms with E-state index < -0.39 is 57.3 Å². The van der Waals surface area contributed by atoms with E-state index in [0.29, 0.717) is 62.3 Å². The van der Waals surface area contributed by atoms with Crippen LogP contribution < -0.4 is 30.7 Å². The Hall–Kier alpha value is -6.60. The molecule has 344 valence electrons. The standard InChI is InChI=1S/C45H51ClN8O10S/c1-26(2)65(61,62)36-15-9-8-13-31(36)49-41-30(46)24-48-45(52-41)50-32-22-27(3)28(23-35(32)63-5)19-21-53(4)39(57)16-7-6-10-20-47-38(56)25-64-34-14-11-12-29-40(34)44(60)54(43(29)59)33-17-18-37(55)51-42(33)58/h8-9,11-15,22-24,26,33H,6-7,10,16-21,25H2,1-5H3,(H,47,56)(H,51,55,58)(H2,48,49,50,52). The minimum Gasteiger partial charge on any atom is -0.495 e. The Morgan fingerprint density at radius 1 is 0.985 bits per heavy atom. The van der Waals surface area contributed by atoms with Crippen molar-refractivity contribution in [2.24, 2.45) is 0 Å². The van der Waals surface area contributed by atoms with E-state index in [4.69, 9.17) is 21.1 Å². The number of ether oxygens (including phenoxy) is 2. The van der Waals surface area contributed by atoms with Crippen molar-refractivity contribution in [1.82, 2.24) is 30.4 Å². The fourth-order valence-electron chi connectivity index (χ4n) is 7.31. The summed E-state index contributed by atoms with van der Waals surface area (Å²) in [4.78, 5) is 87.3. The molecule has 0 bridgehead atoms. The first-order valence-electron chi connectivity index (χ1n) is 21.0. The largest absolute Gasteiger partial charge is 0.495 e. The third-order valence-electron chi connectivity index (χ3n) is 11.0. The van der Waals surface area contributed by atoms with Crippen LogP contribution in [-0.2, 0) is 35.4 Å². The third kappa shape index (κ3) is 11.2. The highest BCUT2D eigenvalue weighted by atomic mass is 35.5. The first-order chi connectivity index (χ1) is 31.0. The van der Waals surface area contributed by atoms with Crippen LogP contribution in [0.4, 0.5) is 23.1 Å². The number of sulfone groups is 1. The monoisotopic (exact) mass is 930 g/mol. The van der Waals surface area contributed by atoms with Crippen molar-refractivity contribution in [1.29, 1.82) is 0 Å². The van der Waals surface area contributed by atoms with Crippen molar-refractivity contribution in [3.63, 3.8) is 0 Å². The number of aryl methyl sites for hydroxylation is 1. The number of piperidine rings is 1. The Kier molecular flexibility index (Phi) is 15.4. The van der Waals surface area contributed by atoms with Crippen molar-refractivity contribution in [3.8, 4) is 11.5 Å². The highest BCUT2D eigenvalue weighted by Crippen LogP contribution is 2.35. The molecule has 20 heteroatoms. The number of rotatable bonds is 20. The van der Waals surface area contributed by atoms with E-state index in [0.717, 1.165) is 16.0 Å². The summed E-state index contributed by atoms with van der Waals surface area (Å²) in [6, 6.07) is 13.6. The zero-order chi connectivity index (χ0) is 47.0. The molecule has 0 aliphatic carbocycles. The van der Waals surface area contributed by atoms with Crippen LogP contribution in [0.1, 0.15) is 84.2 Å².